The lowest BCUT2D eigenvalue weighted by Crippen LogP contribution is -2.07. The van der Waals surface area contributed by atoms with Gasteiger partial charge in [-0.15, -0.1) is 22.8 Å². The van der Waals surface area contributed by atoms with Crippen LogP contribution in [0.4, 0.5) is 13.2 Å². The molecular weight excluding hydrogens is 451 g/mol. The Balaban J connectivity index is 1.42. The zero-order chi connectivity index (χ0) is 23.6. The van der Waals surface area contributed by atoms with E-state index < -0.39 is 17.8 Å². The fourth-order valence-electron chi connectivity index (χ4n) is 3.33. The van der Waals surface area contributed by atoms with Gasteiger partial charge in [0, 0.05) is 7.05 Å². The van der Waals surface area contributed by atoms with Gasteiger partial charge in [-0.1, -0.05) is 42.5 Å². The molecule has 1 aromatic heterocycles. The van der Waals surface area contributed by atoms with Crippen molar-refractivity contribution in [2.45, 2.75) is 24.0 Å². The van der Waals surface area contributed by atoms with Gasteiger partial charge in [0.05, 0.1) is 5.56 Å². The first-order valence-electron chi connectivity index (χ1n) is 9.98. The van der Waals surface area contributed by atoms with E-state index >= 15 is 0 Å². The summed E-state index contributed by atoms with van der Waals surface area (Å²) in [6.45, 7) is 0.280. The van der Waals surface area contributed by atoms with Crippen LogP contribution in [-0.2, 0) is 19.8 Å². The number of aliphatic hydroxyl groups excluding tert-OH is 1. The summed E-state index contributed by atoms with van der Waals surface area (Å²) in [5, 5.41) is 18.7. The van der Waals surface area contributed by atoms with Gasteiger partial charge in [-0.05, 0) is 52.6 Å². The van der Waals surface area contributed by atoms with Crippen molar-refractivity contribution in [3.8, 4) is 16.9 Å². The number of ether oxygens (including phenoxy) is 1. The Morgan fingerprint density at radius 3 is 2.27 bits per heavy atom. The van der Waals surface area contributed by atoms with Gasteiger partial charge in [0.15, 0.2) is 11.0 Å². The van der Waals surface area contributed by atoms with Gasteiger partial charge in [0.2, 0.25) is 0 Å². The van der Waals surface area contributed by atoms with Crippen LogP contribution in [0.5, 0.6) is 5.75 Å². The van der Waals surface area contributed by atoms with E-state index in [1.807, 2.05) is 24.3 Å². The van der Waals surface area contributed by atoms with Gasteiger partial charge in [0.25, 0.3) is 0 Å². The minimum absolute atomic E-state index is 0.280. The Morgan fingerprint density at radius 2 is 1.67 bits per heavy atom. The second-order valence-corrected chi connectivity index (χ2v) is 7.85. The third kappa shape index (κ3) is 5.20. The summed E-state index contributed by atoms with van der Waals surface area (Å²) in [5.74, 6) is 0.993. The molecule has 33 heavy (non-hydrogen) atoms. The van der Waals surface area contributed by atoms with Crippen molar-refractivity contribution in [3.63, 3.8) is 0 Å². The van der Waals surface area contributed by atoms with Gasteiger partial charge >= 0.3 is 6.18 Å². The number of benzene rings is 3. The van der Waals surface area contributed by atoms with E-state index in [0.717, 1.165) is 23.3 Å². The fraction of sp³-hybridized carbons (Fsp3) is 0.167. The topological polar surface area (TPSA) is 60.2 Å². The number of aliphatic hydroxyl groups is 1. The van der Waals surface area contributed by atoms with E-state index in [9.17, 15) is 18.3 Å². The van der Waals surface area contributed by atoms with Crippen LogP contribution in [-0.4, -0.2) is 19.9 Å². The lowest BCUT2D eigenvalue weighted by atomic mass is 10.0. The van der Waals surface area contributed by atoms with E-state index in [-0.39, 0.29) is 6.61 Å². The molecule has 0 aliphatic rings. The number of hydrogen-bond donors (Lipinski definition) is 2. The lowest BCUT2D eigenvalue weighted by Gasteiger charge is -2.12. The first-order valence-corrected chi connectivity index (χ1v) is 10.4. The number of nitrogens with zero attached hydrogens (tertiary/aromatic N) is 3. The largest absolute Gasteiger partial charge is 0.489 e. The molecule has 0 bridgehead atoms. The second-order valence-electron chi connectivity index (χ2n) is 7.45. The molecule has 0 saturated heterocycles. The van der Waals surface area contributed by atoms with Crippen LogP contribution in [0.1, 0.15) is 28.6 Å². The van der Waals surface area contributed by atoms with Gasteiger partial charge in [-0.3, -0.25) is 0 Å². The molecule has 5 nitrogen and oxygen atoms in total. The van der Waals surface area contributed by atoms with Crippen LogP contribution in [0, 0.1) is 0 Å². The van der Waals surface area contributed by atoms with Crippen molar-refractivity contribution < 1.29 is 23.0 Å². The van der Waals surface area contributed by atoms with Crippen LogP contribution in [0.15, 0.2) is 78.0 Å². The summed E-state index contributed by atoms with van der Waals surface area (Å²) in [7, 11) is 1.72. The van der Waals surface area contributed by atoms with Crippen molar-refractivity contribution in [2.24, 2.45) is 7.05 Å². The molecular formula is C24H20F3N3O2S. The maximum Gasteiger partial charge on any atom is 0.416 e. The lowest BCUT2D eigenvalue weighted by molar-refractivity contribution is -0.137. The quantitative estimate of drug-likeness (QED) is 0.367. The summed E-state index contributed by atoms with van der Waals surface area (Å²) >= 11 is 4.16. The van der Waals surface area contributed by atoms with E-state index in [4.69, 9.17) is 4.74 Å². The summed E-state index contributed by atoms with van der Waals surface area (Å²) in [6, 6.07) is 19.5. The van der Waals surface area contributed by atoms with Gasteiger partial charge in [0.1, 0.15) is 18.5 Å². The summed E-state index contributed by atoms with van der Waals surface area (Å²) < 4.78 is 45.8. The molecule has 0 amide bonds. The third-order valence-electron chi connectivity index (χ3n) is 5.20. The molecule has 4 aromatic rings. The van der Waals surface area contributed by atoms with Crippen molar-refractivity contribution in [1.82, 2.24) is 14.8 Å². The van der Waals surface area contributed by atoms with Crippen LogP contribution in [0.2, 0.25) is 0 Å². The fourth-order valence-corrected chi connectivity index (χ4v) is 3.47. The Bertz CT molecular complexity index is 1240. The molecule has 0 aliphatic heterocycles. The highest BCUT2D eigenvalue weighted by Gasteiger charge is 2.30. The summed E-state index contributed by atoms with van der Waals surface area (Å²) in [5.41, 5.74) is 2.32. The average molecular weight is 472 g/mol. The molecule has 1 heterocycles. The second kappa shape index (κ2) is 9.29. The van der Waals surface area contributed by atoms with Crippen molar-refractivity contribution in [2.75, 3.05) is 0 Å². The molecule has 0 aliphatic carbocycles. The smallest absolute Gasteiger partial charge is 0.416 e. The van der Waals surface area contributed by atoms with Gasteiger partial charge in [-0.25, -0.2) is 0 Å². The summed E-state index contributed by atoms with van der Waals surface area (Å²) in [4.78, 5) is 0. The molecule has 0 radical (unpaired) electrons. The standard InChI is InChI=1S/C24H20F3N3O2S/c1-30-22(28-29-23(30)33)21(31)17-7-11-20(12-8-17)32-14-15-3-2-4-18(13-15)16-5-9-19(10-6-16)24(25,26)27/h2-13,21,31H,14H2,1H3,(H,29,33). The van der Waals surface area contributed by atoms with Crippen LogP contribution in [0.3, 0.4) is 0 Å². The average Bonchev–Trinajstić information content (AvgIpc) is 3.15. The number of thiol groups is 1. The highest BCUT2D eigenvalue weighted by atomic mass is 32.1. The Labute approximate surface area is 193 Å². The third-order valence-corrected chi connectivity index (χ3v) is 5.59. The number of alkyl halides is 3. The zero-order valence-corrected chi connectivity index (χ0v) is 18.4. The van der Waals surface area contributed by atoms with E-state index in [0.29, 0.717) is 27.9 Å². The zero-order valence-electron chi connectivity index (χ0n) is 17.5. The monoisotopic (exact) mass is 471 g/mol. The Hall–Kier alpha value is -3.30. The van der Waals surface area contributed by atoms with Crippen molar-refractivity contribution in [3.05, 3.63) is 95.3 Å². The first-order chi connectivity index (χ1) is 15.7. The van der Waals surface area contributed by atoms with E-state index in [1.165, 1.54) is 12.1 Å². The maximum atomic E-state index is 12.8. The highest BCUT2D eigenvalue weighted by molar-refractivity contribution is 7.80. The summed E-state index contributed by atoms with van der Waals surface area (Å²) in [6.07, 6.45) is -5.30. The number of hydrogen-bond acceptors (Lipinski definition) is 5. The maximum absolute atomic E-state index is 12.8. The molecule has 3 aromatic carbocycles. The van der Waals surface area contributed by atoms with Crippen LogP contribution >= 0.6 is 12.6 Å². The van der Waals surface area contributed by atoms with Crippen molar-refractivity contribution in [1.29, 1.82) is 0 Å². The Morgan fingerprint density at radius 1 is 0.970 bits per heavy atom. The SMILES string of the molecule is Cn1c(S)nnc1C(O)c1ccc(OCc2cccc(-c3ccc(C(F)(F)F)cc3)c2)cc1. The molecule has 9 heteroatoms. The van der Waals surface area contributed by atoms with Crippen LogP contribution < -0.4 is 4.74 Å². The molecule has 0 spiro atoms. The molecule has 1 atom stereocenters. The molecule has 0 saturated carbocycles. The van der Waals surface area contributed by atoms with Crippen LogP contribution in [0.25, 0.3) is 11.1 Å². The molecule has 1 unspecified atom stereocenters. The van der Waals surface area contributed by atoms with Crippen molar-refractivity contribution >= 4 is 12.6 Å². The predicted octanol–water partition coefficient (Wildman–Crippen LogP) is 5.45. The number of rotatable bonds is 6. The van der Waals surface area contributed by atoms with E-state index in [2.05, 4.69) is 22.8 Å². The minimum atomic E-state index is -4.36. The molecule has 170 valence electrons. The van der Waals surface area contributed by atoms with E-state index in [1.54, 1.807) is 35.9 Å². The molecule has 4 rings (SSSR count). The predicted molar refractivity (Wildman–Crippen MR) is 120 cm³/mol. The van der Waals surface area contributed by atoms with Gasteiger partial charge < -0.3 is 14.4 Å². The first kappa shape index (κ1) is 22.9. The number of halogens is 3. The Kier molecular flexibility index (Phi) is 6.44. The molecule has 1 N–H and O–H groups in total. The highest BCUT2D eigenvalue weighted by Crippen LogP contribution is 2.31. The molecule has 0 fully saturated rings. The normalized spacial score (nSPS) is 12.5. The van der Waals surface area contributed by atoms with Gasteiger partial charge in [-0.2, -0.15) is 13.2 Å². The minimum Gasteiger partial charge on any atom is -0.489 e. The number of aromatic nitrogens is 3.